The highest BCUT2D eigenvalue weighted by Gasteiger charge is 2.17. The van der Waals surface area contributed by atoms with Crippen LogP contribution in [0.1, 0.15) is 12.8 Å². The topological polar surface area (TPSA) is 89.4 Å². The average molecular weight is 207 g/mol. The zero-order valence-electron chi connectivity index (χ0n) is 7.65. The minimum atomic E-state index is -3.32. The smallest absolute Gasteiger partial charge is 0.210 e. The van der Waals surface area contributed by atoms with Gasteiger partial charge in [-0.2, -0.15) is 0 Å². The van der Waals surface area contributed by atoms with Gasteiger partial charge in [0.25, 0.3) is 0 Å². The second kappa shape index (κ2) is 4.36. The lowest BCUT2D eigenvalue weighted by Crippen LogP contribution is -2.44. The van der Waals surface area contributed by atoms with Crippen molar-refractivity contribution in [2.45, 2.75) is 18.9 Å². The molecule has 1 saturated heterocycles. The number of hydrogen-bond acceptors (Lipinski definition) is 4. The highest BCUT2D eigenvalue weighted by Crippen LogP contribution is 2.07. The van der Waals surface area contributed by atoms with Crippen LogP contribution < -0.4 is 10.9 Å². The Morgan fingerprint density at radius 2 is 2.15 bits per heavy atom. The Labute approximate surface area is 79.1 Å². The van der Waals surface area contributed by atoms with E-state index in [0.29, 0.717) is 6.54 Å². The summed E-state index contributed by atoms with van der Waals surface area (Å²) in [5.74, 6) is 0.0275. The lowest BCUT2D eigenvalue weighted by atomic mass is 10.1. The summed E-state index contributed by atoms with van der Waals surface area (Å²) in [7, 11) is -3.32. The molecule has 1 aliphatic heterocycles. The van der Waals surface area contributed by atoms with Gasteiger partial charge in [0.2, 0.25) is 10.0 Å². The van der Waals surface area contributed by atoms with Crippen molar-refractivity contribution in [3.05, 3.63) is 0 Å². The Kier molecular flexibility index (Phi) is 3.66. The fraction of sp³-hybridized carbons (Fsp3) is 1.00. The summed E-state index contributed by atoms with van der Waals surface area (Å²) in [4.78, 5) is 2.05. The lowest BCUT2D eigenvalue weighted by molar-refractivity contribution is 0.220. The van der Waals surface area contributed by atoms with Crippen molar-refractivity contribution in [1.29, 1.82) is 0 Å². The fourth-order valence-corrected chi connectivity index (χ4v) is 2.06. The number of sulfonamides is 1. The van der Waals surface area contributed by atoms with Gasteiger partial charge in [-0.25, -0.2) is 13.6 Å². The van der Waals surface area contributed by atoms with Gasteiger partial charge in [0.15, 0.2) is 0 Å². The van der Waals surface area contributed by atoms with E-state index in [1.165, 1.54) is 0 Å². The molecule has 0 radical (unpaired) electrons. The molecule has 0 aromatic rings. The van der Waals surface area contributed by atoms with Gasteiger partial charge in [-0.05, 0) is 19.4 Å². The third-order valence-electron chi connectivity index (χ3n) is 2.23. The molecule has 1 fully saturated rings. The summed E-state index contributed by atoms with van der Waals surface area (Å²) in [5, 5.41) is 4.90. The first-order valence-electron chi connectivity index (χ1n) is 4.46. The fourth-order valence-electron chi connectivity index (χ4n) is 1.55. The number of nitrogens with two attached hydrogens (primary N) is 2. The molecular weight excluding hydrogens is 190 g/mol. The van der Waals surface area contributed by atoms with E-state index in [1.54, 1.807) is 0 Å². The molecule has 5 nitrogen and oxygen atoms in total. The molecule has 0 aliphatic carbocycles. The molecule has 0 saturated carbocycles. The minimum absolute atomic E-state index is 0.0275. The van der Waals surface area contributed by atoms with Gasteiger partial charge in [0.1, 0.15) is 0 Å². The standard InChI is InChI=1S/C7H17N3O2S/c8-7-2-1-3-10(6-7)4-5-13(9,11)12/h7H,1-6,8H2,(H2,9,11,12). The summed E-state index contributed by atoms with van der Waals surface area (Å²) in [6.07, 6.45) is 2.08. The van der Waals surface area contributed by atoms with Crippen LogP contribution in [0.3, 0.4) is 0 Å². The van der Waals surface area contributed by atoms with Crippen molar-refractivity contribution in [3.8, 4) is 0 Å². The summed E-state index contributed by atoms with van der Waals surface area (Å²) in [6.45, 7) is 2.23. The lowest BCUT2D eigenvalue weighted by Gasteiger charge is -2.30. The largest absolute Gasteiger partial charge is 0.327 e. The molecule has 1 rings (SSSR count). The van der Waals surface area contributed by atoms with Crippen molar-refractivity contribution < 1.29 is 8.42 Å². The first-order valence-corrected chi connectivity index (χ1v) is 6.17. The van der Waals surface area contributed by atoms with Crippen LogP contribution in [0.2, 0.25) is 0 Å². The van der Waals surface area contributed by atoms with Crippen LogP contribution in [-0.4, -0.2) is 44.7 Å². The van der Waals surface area contributed by atoms with E-state index in [-0.39, 0.29) is 11.8 Å². The molecule has 6 heteroatoms. The highest BCUT2D eigenvalue weighted by molar-refractivity contribution is 7.89. The van der Waals surface area contributed by atoms with Crippen molar-refractivity contribution in [2.75, 3.05) is 25.4 Å². The molecule has 78 valence electrons. The SMILES string of the molecule is NC1CCCN(CCS(N)(=O)=O)C1. The molecule has 13 heavy (non-hydrogen) atoms. The molecule has 0 aromatic heterocycles. The Hall–Kier alpha value is -0.170. The predicted octanol–water partition coefficient (Wildman–Crippen LogP) is -1.30. The number of piperidine rings is 1. The molecule has 1 aliphatic rings. The number of nitrogens with zero attached hydrogens (tertiary/aromatic N) is 1. The molecule has 1 atom stereocenters. The van der Waals surface area contributed by atoms with Crippen molar-refractivity contribution in [2.24, 2.45) is 10.9 Å². The number of primary sulfonamides is 1. The molecule has 0 spiro atoms. The van der Waals surface area contributed by atoms with E-state index in [2.05, 4.69) is 4.90 Å². The van der Waals surface area contributed by atoms with Gasteiger partial charge in [0, 0.05) is 19.1 Å². The highest BCUT2D eigenvalue weighted by atomic mass is 32.2. The van der Waals surface area contributed by atoms with E-state index in [9.17, 15) is 8.42 Å². The van der Waals surface area contributed by atoms with Crippen molar-refractivity contribution in [3.63, 3.8) is 0 Å². The number of likely N-dealkylation sites (tertiary alicyclic amines) is 1. The zero-order valence-corrected chi connectivity index (χ0v) is 8.46. The van der Waals surface area contributed by atoms with Gasteiger partial charge < -0.3 is 10.6 Å². The summed E-state index contributed by atoms with van der Waals surface area (Å²) in [5.41, 5.74) is 5.74. The molecule has 0 aromatic carbocycles. The molecule has 4 N–H and O–H groups in total. The van der Waals surface area contributed by atoms with E-state index >= 15 is 0 Å². The van der Waals surface area contributed by atoms with Gasteiger partial charge in [0.05, 0.1) is 5.75 Å². The molecule has 0 amide bonds. The summed E-state index contributed by atoms with van der Waals surface area (Å²) >= 11 is 0. The second-order valence-electron chi connectivity index (χ2n) is 3.57. The van der Waals surface area contributed by atoms with Gasteiger partial charge in [-0.15, -0.1) is 0 Å². The van der Waals surface area contributed by atoms with Crippen LogP contribution in [0.4, 0.5) is 0 Å². The third kappa shape index (κ3) is 4.56. The van der Waals surface area contributed by atoms with Crippen LogP contribution in [-0.2, 0) is 10.0 Å². The van der Waals surface area contributed by atoms with Crippen LogP contribution in [0.15, 0.2) is 0 Å². The monoisotopic (exact) mass is 207 g/mol. The zero-order chi connectivity index (χ0) is 9.90. The maximum atomic E-state index is 10.7. The summed E-state index contributed by atoms with van der Waals surface area (Å²) < 4.78 is 21.4. The van der Waals surface area contributed by atoms with E-state index in [1.807, 2.05) is 0 Å². The minimum Gasteiger partial charge on any atom is -0.327 e. The second-order valence-corrected chi connectivity index (χ2v) is 5.30. The van der Waals surface area contributed by atoms with E-state index in [4.69, 9.17) is 10.9 Å². The first-order chi connectivity index (χ1) is 5.97. The van der Waals surface area contributed by atoms with Crippen LogP contribution >= 0.6 is 0 Å². The Morgan fingerprint density at radius 1 is 1.46 bits per heavy atom. The van der Waals surface area contributed by atoms with Crippen molar-refractivity contribution in [1.82, 2.24) is 4.90 Å². The molecule has 1 unspecified atom stereocenters. The van der Waals surface area contributed by atoms with Gasteiger partial charge >= 0.3 is 0 Å². The van der Waals surface area contributed by atoms with Crippen LogP contribution in [0.25, 0.3) is 0 Å². The molecule has 1 heterocycles. The average Bonchev–Trinajstić information content (AvgIpc) is 2.00. The maximum absolute atomic E-state index is 10.7. The Bertz CT molecular complexity index is 252. The molecular formula is C7H17N3O2S. The van der Waals surface area contributed by atoms with Crippen LogP contribution in [0.5, 0.6) is 0 Å². The number of hydrogen-bond donors (Lipinski definition) is 2. The third-order valence-corrected chi connectivity index (χ3v) is 2.99. The first kappa shape index (κ1) is 10.9. The quantitative estimate of drug-likeness (QED) is 0.602. The van der Waals surface area contributed by atoms with Gasteiger partial charge in [-0.1, -0.05) is 0 Å². The van der Waals surface area contributed by atoms with E-state index < -0.39 is 10.0 Å². The van der Waals surface area contributed by atoms with E-state index in [0.717, 1.165) is 25.9 Å². The summed E-state index contributed by atoms with van der Waals surface area (Å²) in [6, 6.07) is 0.189. The Morgan fingerprint density at radius 3 is 2.69 bits per heavy atom. The number of rotatable bonds is 3. The van der Waals surface area contributed by atoms with Crippen LogP contribution in [0, 0.1) is 0 Å². The normalized spacial score (nSPS) is 26.2. The predicted molar refractivity (Wildman–Crippen MR) is 51.6 cm³/mol. The Balaban J connectivity index is 2.29. The van der Waals surface area contributed by atoms with Crippen molar-refractivity contribution >= 4 is 10.0 Å². The molecule has 0 bridgehead atoms. The van der Waals surface area contributed by atoms with Gasteiger partial charge in [-0.3, -0.25) is 0 Å². The maximum Gasteiger partial charge on any atom is 0.210 e.